The van der Waals surface area contributed by atoms with E-state index in [2.05, 4.69) is 0 Å². The summed E-state index contributed by atoms with van der Waals surface area (Å²) in [6.45, 7) is 3.31. The molecule has 1 aliphatic rings. The van der Waals surface area contributed by atoms with Crippen LogP contribution in [0.2, 0.25) is 5.02 Å². The van der Waals surface area contributed by atoms with E-state index in [4.69, 9.17) is 17.3 Å². The molecule has 0 spiro atoms. The number of nitrogens with zero attached hydrogens (tertiary/aromatic N) is 1. The Morgan fingerprint density at radius 1 is 1.58 bits per heavy atom. The van der Waals surface area contributed by atoms with Crippen LogP contribution in [-0.2, 0) is 4.79 Å². The molecular formula is C14H19ClN2OS. The molecule has 5 heteroatoms. The Balaban J connectivity index is 2.02. The minimum Gasteiger partial charge on any atom is -0.337 e. The van der Waals surface area contributed by atoms with Gasteiger partial charge in [0.15, 0.2) is 0 Å². The first-order valence-corrected chi connectivity index (χ1v) is 7.81. The summed E-state index contributed by atoms with van der Waals surface area (Å²) < 4.78 is 0. The Morgan fingerprint density at radius 3 is 3.00 bits per heavy atom. The van der Waals surface area contributed by atoms with Crippen LogP contribution in [-0.4, -0.2) is 35.2 Å². The minimum absolute atomic E-state index is 0.132. The van der Waals surface area contributed by atoms with Gasteiger partial charge in [0.25, 0.3) is 0 Å². The van der Waals surface area contributed by atoms with Gasteiger partial charge in [-0.1, -0.05) is 23.7 Å². The van der Waals surface area contributed by atoms with Gasteiger partial charge < -0.3 is 10.6 Å². The highest BCUT2D eigenvalue weighted by molar-refractivity contribution is 8.00. The van der Waals surface area contributed by atoms with Gasteiger partial charge in [0, 0.05) is 24.0 Å². The van der Waals surface area contributed by atoms with Crippen LogP contribution >= 0.6 is 23.4 Å². The van der Waals surface area contributed by atoms with Gasteiger partial charge in [0.2, 0.25) is 5.91 Å². The van der Waals surface area contributed by atoms with Gasteiger partial charge in [0.05, 0.1) is 10.3 Å². The zero-order chi connectivity index (χ0) is 13.8. The first-order chi connectivity index (χ1) is 9.13. The first kappa shape index (κ1) is 14.7. The van der Waals surface area contributed by atoms with E-state index in [9.17, 15) is 4.79 Å². The van der Waals surface area contributed by atoms with Gasteiger partial charge in [-0.15, -0.1) is 11.8 Å². The fourth-order valence-corrected chi connectivity index (χ4v) is 3.61. The van der Waals surface area contributed by atoms with Gasteiger partial charge in [-0.25, -0.2) is 0 Å². The van der Waals surface area contributed by atoms with Crippen LogP contribution in [0.5, 0.6) is 0 Å². The molecule has 1 heterocycles. The fourth-order valence-electron chi connectivity index (χ4n) is 2.39. The zero-order valence-corrected chi connectivity index (χ0v) is 12.6. The molecule has 1 fully saturated rings. The van der Waals surface area contributed by atoms with E-state index in [1.807, 2.05) is 36.1 Å². The van der Waals surface area contributed by atoms with Crippen molar-refractivity contribution in [2.45, 2.75) is 36.0 Å². The molecule has 1 aromatic carbocycles. The summed E-state index contributed by atoms with van der Waals surface area (Å²) in [6, 6.07) is 7.83. The highest BCUT2D eigenvalue weighted by atomic mass is 35.5. The standard InChI is InChI=1S/C14H19ClN2OS/c1-10(19-13-7-3-2-6-12(13)15)14(18)17-8-4-5-11(17)9-16/h2-3,6-7,10-11H,4-5,8-9,16H2,1H3. The van der Waals surface area contributed by atoms with E-state index < -0.39 is 0 Å². The van der Waals surface area contributed by atoms with Crippen molar-refractivity contribution >= 4 is 29.3 Å². The Labute approximate surface area is 123 Å². The van der Waals surface area contributed by atoms with Crippen molar-refractivity contribution in [3.8, 4) is 0 Å². The van der Waals surface area contributed by atoms with Crippen molar-refractivity contribution in [1.29, 1.82) is 0 Å². The van der Waals surface area contributed by atoms with Gasteiger partial charge >= 0.3 is 0 Å². The molecule has 1 amide bonds. The van der Waals surface area contributed by atoms with Crippen LogP contribution in [0.15, 0.2) is 29.2 Å². The molecule has 1 saturated heterocycles. The number of nitrogens with two attached hydrogens (primary N) is 1. The predicted molar refractivity (Wildman–Crippen MR) is 80.6 cm³/mol. The molecule has 2 atom stereocenters. The highest BCUT2D eigenvalue weighted by Gasteiger charge is 2.30. The maximum absolute atomic E-state index is 12.4. The summed E-state index contributed by atoms with van der Waals surface area (Å²) in [4.78, 5) is 15.3. The summed E-state index contributed by atoms with van der Waals surface area (Å²) >= 11 is 7.64. The lowest BCUT2D eigenvalue weighted by Gasteiger charge is -2.26. The number of amides is 1. The second-order valence-corrected chi connectivity index (χ2v) is 6.54. The summed E-state index contributed by atoms with van der Waals surface area (Å²) in [5, 5.41) is 0.566. The Kier molecular flexibility index (Phi) is 5.13. The lowest BCUT2D eigenvalue weighted by atomic mass is 10.2. The highest BCUT2D eigenvalue weighted by Crippen LogP contribution is 2.31. The molecule has 1 aliphatic heterocycles. The van der Waals surface area contributed by atoms with Crippen molar-refractivity contribution in [1.82, 2.24) is 4.90 Å². The molecule has 0 aliphatic carbocycles. The second-order valence-electron chi connectivity index (χ2n) is 4.75. The van der Waals surface area contributed by atoms with Gasteiger partial charge in [-0.05, 0) is 31.9 Å². The molecule has 0 bridgehead atoms. The SMILES string of the molecule is CC(Sc1ccccc1Cl)C(=O)N1CCCC1CN. The van der Waals surface area contributed by atoms with Crippen molar-refractivity contribution in [3.05, 3.63) is 29.3 Å². The molecule has 2 rings (SSSR count). The van der Waals surface area contributed by atoms with Crippen molar-refractivity contribution < 1.29 is 4.79 Å². The second kappa shape index (κ2) is 6.64. The number of rotatable bonds is 4. The van der Waals surface area contributed by atoms with E-state index in [0.717, 1.165) is 24.3 Å². The van der Waals surface area contributed by atoms with Crippen LogP contribution in [0.25, 0.3) is 0 Å². The van der Waals surface area contributed by atoms with Crippen molar-refractivity contribution in [3.63, 3.8) is 0 Å². The largest absolute Gasteiger partial charge is 0.337 e. The van der Waals surface area contributed by atoms with E-state index in [-0.39, 0.29) is 17.2 Å². The minimum atomic E-state index is -0.132. The zero-order valence-electron chi connectivity index (χ0n) is 11.0. The Morgan fingerprint density at radius 2 is 2.32 bits per heavy atom. The number of hydrogen-bond donors (Lipinski definition) is 1. The molecule has 0 saturated carbocycles. The first-order valence-electron chi connectivity index (χ1n) is 6.55. The number of likely N-dealkylation sites (tertiary alicyclic amines) is 1. The number of thioether (sulfide) groups is 1. The molecule has 0 aromatic heterocycles. The Hall–Kier alpha value is -0.710. The van der Waals surface area contributed by atoms with Crippen molar-refractivity contribution in [2.24, 2.45) is 5.73 Å². The van der Waals surface area contributed by atoms with E-state index in [0.29, 0.717) is 11.6 Å². The maximum atomic E-state index is 12.4. The maximum Gasteiger partial charge on any atom is 0.236 e. The smallest absolute Gasteiger partial charge is 0.236 e. The molecule has 19 heavy (non-hydrogen) atoms. The van der Waals surface area contributed by atoms with Gasteiger partial charge in [-0.3, -0.25) is 4.79 Å². The van der Waals surface area contributed by atoms with Gasteiger partial charge in [-0.2, -0.15) is 0 Å². The molecule has 0 radical (unpaired) electrons. The number of carbonyl (C=O) groups is 1. The van der Waals surface area contributed by atoms with Gasteiger partial charge in [0.1, 0.15) is 0 Å². The normalized spacial score (nSPS) is 20.6. The summed E-state index contributed by atoms with van der Waals surface area (Å²) in [5.41, 5.74) is 5.72. The van der Waals surface area contributed by atoms with Crippen LogP contribution < -0.4 is 5.73 Å². The molecule has 2 unspecified atom stereocenters. The topological polar surface area (TPSA) is 46.3 Å². The number of hydrogen-bond acceptors (Lipinski definition) is 3. The summed E-state index contributed by atoms with van der Waals surface area (Å²) in [5.74, 6) is 0.165. The quantitative estimate of drug-likeness (QED) is 0.870. The molecule has 104 valence electrons. The van der Waals surface area contributed by atoms with E-state index in [1.54, 1.807) is 0 Å². The number of benzene rings is 1. The van der Waals surface area contributed by atoms with Crippen LogP contribution in [0.4, 0.5) is 0 Å². The number of halogens is 1. The summed E-state index contributed by atoms with van der Waals surface area (Å²) in [6.07, 6.45) is 2.07. The molecular weight excluding hydrogens is 280 g/mol. The monoisotopic (exact) mass is 298 g/mol. The van der Waals surface area contributed by atoms with E-state index >= 15 is 0 Å². The van der Waals surface area contributed by atoms with Crippen LogP contribution in [0.3, 0.4) is 0 Å². The predicted octanol–water partition coefficient (Wildman–Crippen LogP) is 2.77. The lowest BCUT2D eigenvalue weighted by Crippen LogP contribution is -2.43. The fraction of sp³-hybridized carbons (Fsp3) is 0.500. The van der Waals surface area contributed by atoms with E-state index in [1.165, 1.54) is 11.8 Å². The number of carbonyl (C=O) groups excluding carboxylic acids is 1. The average molecular weight is 299 g/mol. The van der Waals surface area contributed by atoms with Crippen LogP contribution in [0, 0.1) is 0 Å². The molecule has 2 N–H and O–H groups in total. The third-order valence-corrected chi connectivity index (χ3v) is 5.03. The third kappa shape index (κ3) is 3.44. The Bertz CT molecular complexity index is 455. The van der Waals surface area contributed by atoms with Crippen molar-refractivity contribution in [2.75, 3.05) is 13.1 Å². The molecule has 3 nitrogen and oxygen atoms in total. The average Bonchev–Trinajstić information content (AvgIpc) is 2.88. The molecule has 1 aromatic rings. The third-order valence-electron chi connectivity index (χ3n) is 3.42. The van der Waals surface area contributed by atoms with Crippen LogP contribution in [0.1, 0.15) is 19.8 Å². The lowest BCUT2D eigenvalue weighted by molar-refractivity contribution is -0.130. The summed E-state index contributed by atoms with van der Waals surface area (Å²) in [7, 11) is 0.